The number of carbonyl (C=O) groups excluding carboxylic acids is 2. The van der Waals surface area contributed by atoms with Gasteiger partial charge in [-0.15, -0.1) is 0 Å². The van der Waals surface area contributed by atoms with E-state index in [4.69, 9.17) is 0 Å². The van der Waals surface area contributed by atoms with Crippen LogP contribution in [-0.4, -0.2) is 74.0 Å². The standard InChI is InChI=1S/C19H30N4O2/c1-3-21(4-2)12-8-11-20-18(24)19(25)23-15-13-22(14-16-23)17-9-6-5-7-10-17/h5-7,9-10H,3-4,8,11-16H2,1-2H3,(H,20,24). The first-order valence-corrected chi connectivity index (χ1v) is 9.25. The lowest BCUT2D eigenvalue weighted by atomic mass is 10.2. The monoisotopic (exact) mass is 346 g/mol. The summed E-state index contributed by atoms with van der Waals surface area (Å²) < 4.78 is 0. The van der Waals surface area contributed by atoms with E-state index in [1.54, 1.807) is 4.90 Å². The Morgan fingerprint density at radius 3 is 2.28 bits per heavy atom. The van der Waals surface area contributed by atoms with E-state index in [1.165, 1.54) is 0 Å². The minimum atomic E-state index is -0.479. The highest BCUT2D eigenvalue weighted by molar-refractivity contribution is 6.35. The van der Waals surface area contributed by atoms with Gasteiger partial charge >= 0.3 is 11.8 Å². The van der Waals surface area contributed by atoms with E-state index in [-0.39, 0.29) is 0 Å². The van der Waals surface area contributed by atoms with Crippen molar-refractivity contribution in [2.24, 2.45) is 0 Å². The van der Waals surface area contributed by atoms with E-state index in [0.29, 0.717) is 19.6 Å². The minimum absolute atomic E-state index is 0.407. The number of hydrogen-bond donors (Lipinski definition) is 1. The van der Waals surface area contributed by atoms with Crippen LogP contribution in [-0.2, 0) is 9.59 Å². The molecule has 0 radical (unpaired) electrons. The fourth-order valence-electron chi connectivity index (χ4n) is 3.07. The quantitative estimate of drug-likeness (QED) is 0.595. The number of anilines is 1. The number of amides is 2. The van der Waals surface area contributed by atoms with E-state index in [9.17, 15) is 9.59 Å². The number of hydrogen-bond acceptors (Lipinski definition) is 4. The Balaban J connectivity index is 1.70. The van der Waals surface area contributed by atoms with E-state index < -0.39 is 11.8 Å². The molecule has 1 aromatic carbocycles. The molecule has 2 amide bonds. The molecule has 1 aliphatic heterocycles. The molecule has 1 heterocycles. The third-order valence-corrected chi connectivity index (χ3v) is 4.71. The van der Waals surface area contributed by atoms with E-state index >= 15 is 0 Å². The highest BCUT2D eigenvalue weighted by Crippen LogP contribution is 2.15. The Morgan fingerprint density at radius 1 is 1.04 bits per heavy atom. The Kier molecular flexibility index (Phi) is 7.73. The van der Waals surface area contributed by atoms with Crippen molar-refractivity contribution >= 4 is 17.5 Å². The normalized spacial score (nSPS) is 14.7. The van der Waals surface area contributed by atoms with Crippen LogP contribution in [0.5, 0.6) is 0 Å². The average molecular weight is 346 g/mol. The zero-order valence-electron chi connectivity index (χ0n) is 15.4. The highest BCUT2D eigenvalue weighted by atomic mass is 16.2. The smallest absolute Gasteiger partial charge is 0.312 e. The molecule has 0 aliphatic carbocycles. The number of benzene rings is 1. The summed E-state index contributed by atoms with van der Waals surface area (Å²) in [5.41, 5.74) is 1.16. The van der Waals surface area contributed by atoms with Gasteiger partial charge in [0.05, 0.1) is 0 Å². The molecule has 1 aliphatic rings. The molecule has 138 valence electrons. The second-order valence-electron chi connectivity index (χ2n) is 6.25. The summed E-state index contributed by atoms with van der Waals surface area (Å²) in [6.07, 6.45) is 0.864. The molecule has 25 heavy (non-hydrogen) atoms. The van der Waals surface area contributed by atoms with E-state index in [1.807, 2.05) is 18.2 Å². The Hall–Kier alpha value is -2.08. The molecule has 0 saturated carbocycles. The molecule has 1 N–H and O–H groups in total. The van der Waals surface area contributed by atoms with Crippen LogP contribution < -0.4 is 10.2 Å². The molecular weight excluding hydrogens is 316 g/mol. The maximum atomic E-state index is 12.3. The number of carbonyl (C=O) groups is 2. The first-order valence-electron chi connectivity index (χ1n) is 9.25. The Morgan fingerprint density at radius 2 is 1.68 bits per heavy atom. The molecule has 0 unspecified atom stereocenters. The molecule has 6 heteroatoms. The van der Waals surface area contributed by atoms with Crippen LogP contribution in [0.15, 0.2) is 30.3 Å². The zero-order chi connectivity index (χ0) is 18.1. The lowest BCUT2D eigenvalue weighted by Crippen LogP contribution is -2.52. The fraction of sp³-hybridized carbons (Fsp3) is 0.579. The molecule has 1 saturated heterocycles. The molecule has 0 aromatic heterocycles. The SMILES string of the molecule is CCN(CC)CCCNC(=O)C(=O)N1CCN(c2ccccc2)CC1. The topological polar surface area (TPSA) is 55.9 Å². The van der Waals surface area contributed by atoms with Crippen LogP contribution in [0.2, 0.25) is 0 Å². The molecule has 6 nitrogen and oxygen atoms in total. The van der Waals surface area contributed by atoms with Gasteiger partial charge in [-0.3, -0.25) is 9.59 Å². The highest BCUT2D eigenvalue weighted by Gasteiger charge is 2.25. The molecule has 0 bridgehead atoms. The van der Waals surface area contributed by atoms with Gasteiger partial charge in [0.2, 0.25) is 0 Å². The second kappa shape index (κ2) is 10.0. The van der Waals surface area contributed by atoms with Gasteiger partial charge in [0.25, 0.3) is 0 Å². The summed E-state index contributed by atoms with van der Waals surface area (Å²) >= 11 is 0. The third kappa shape index (κ3) is 5.74. The predicted octanol–water partition coefficient (Wildman–Crippen LogP) is 1.18. The van der Waals surface area contributed by atoms with Crippen molar-refractivity contribution in [1.29, 1.82) is 0 Å². The number of piperazine rings is 1. The second-order valence-corrected chi connectivity index (χ2v) is 6.25. The molecule has 1 aromatic rings. The van der Waals surface area contributed by atoms with Crippen molar-refractivity contribution in [2.45, 2.75) is 20.3 Å². The van der Waals surface area contributed by atoms with Gasteiger partial charge in [0.15, 0.2) is 0 Å². The van der Waals surface area contributed by atoms with E-state index in [0.717, 1.165) is 44.8 Å². The maximum Gasteiger partial charge on any atom is 0.312 e. The molecule has 0 spiro atoms. The molecule has 0 atom stereocenters. The third-order valence-electron chi connectivity index (χ3n) is 4.71. The molecular formula is C19H30N4O2. The van der Waals surface area contributed by atoms with Gasteiger partial charge in [0, 0.05) is 38.4 Å². The lowest BCUT2D eigenvalue weighted by molar-refractivity contribution is -0.146. The van der Waals surface area contributed by atoms with E-state index in [2.05, 4.69) is 41.1 Å². The summed E-state index contributed by atoms with van der Waals surface area (Å²) in [5, 5.41) is 2.76. The number of nitrogens with zero attached hydrogens (tertiary/aromatic N) is 3. The zero-order valence-corrected chi connectivity index (χ0v) is 15.4. The summed E-state index contributed by atoms with van der Waals surface area (Å²) in [4.78, 5) is 30.5. The predicted molar refractivity (Wildman–Crippen MR) is 101 cm³/mol. The van der Waals surface area contributed by atoms with Gasteiger partial charge < -0.3 is 20.0 Å². The van der Waals surface area contributed by atoms with Crippen LogP contribution in [0, 0.1) is 0 Å². The van der Waals surface area contributed by atoms with Crippen LogP contribution in [0.4, 0.5) is 5.69 Å². The summed E-state index contributed by atoms with van der Waals surface area (Å²) in [5.74, 6) is -0.886. The summed E-state index contributed by atoms with van der Waals surface area (Å²) in [6.45, 7) is 10.4. The number of rotatable bonds is 7. The van der Waals surface area contributed by atoms with Crippen molar-refractivity contribution in [1.82, 2.24) is 15.1 Å². The van der Waals surface area contributed by atoms with Crippen LogP contribution in [0.1, 0.15) is 20.3 Å². The van der Waals surface area contributed by atoms with Gasteiger partial charge in [-0.25, -0.2) is 0 Å². The van der Waals surface area contributed by atoms with Crippen molar-refractivity contribution in [3.8, 4) is 0 Å². The fourth-order valence-corrected chi connectivity index (χ4v) is 3.07. The Labute approximate surface area is 150 Å². The van der Waals surface area contributed by atoms with Crippen molar-refractivity contribution in [3.05, 3.63) is 30.3 Å². The van der Waals surface area contributed by atoms with Crippen molar-refractivity contribution < 1.29 is 9.59 Å². The number of para-hydroxylation sites is 1. The molecule has 2 rings (SSSR count). The van der Waals surface area contributed by atoms with Crippen molar-refractivity contribution in [2.75, 3.05) is 57.3 Å². The maximum absolute atomic E-state index is 12.3. The first kappa shape index (κ1) is 19.2. The van der Waals surface area contributed by atoms with Gasteiger partial charge in [-0.1, -0.05) is 32.0 Å². The average Bonchev–Trinajstić information content (AvgIpc) is 2.68. The Bertz CT molecular complexity index is 538. The largest absolute Gasteiger partial charge is 0.368 e. The molecule has 1 fully saturated rings. The minimum Gasteiger partial charge on any atom is -0.368 e. The summed E-state index contributed by atoms with van der Waals surface area (Å²) in [7, 11) is 0. The number of nitrogens with one attached hydrogen (secondary N) is 1. The van der Waals surface area contributed by atoms with Crippen LogP contribution in [0.3, 0.4) is 0 Å². The summed E-state index contributed by atoms with van der Waals surface area (Å²) in [6, 6.07) is 10.2. The van der Waals surface area contributed by atoms with Crippen molar-refractivity contribution in [3.63, 3.8) is 0 Å². The van der Waals surface area contributed by atoms with Crippen LogP contribution in [0.25, 0.3) is 0 Å². The van der Waals surface area contributed by atoms with Gasteiger partial charge in [-0.05, 0) is 38.2 Å². The lowest BCUT2D eigenvalue weighted by Gasteiger charge is -2.35. The van der Waals surface area contributed by atoms with Crippen LogP contribution >= 0.6 is 0 Å². The van der Waals surface area contributed by atoms with Gasteiger partial charge in [-0.2, -0.15) is 0 Å². The van der Waals surface area contributed by atoms with Gasteiger partial charge in [0.1, 0.15) is 0 Å². The first-order chi connectivity index (χ1) is 12.2.